The topological polar surface area (TPSA) is 50.4 Å². The first kappa shape index (κ1) is 17.5. The third kappa shape index (κ3) is 4.19. The number of methoxy groups -OCH3 is 1. The fraction of sp³-hybridized carbons (Fsp3) is 0.467. The van der Waals surface area contributed by atoms with Crippen molar-refractivity contribution in [1.29, 1.82) is 0 Å². The standard InChI is InChI=1S/C15H20N2O2S2/c1-6-15(7-2,8-3)17-14(20)16-12-11(13(18)19-5)9-10(4)21-12/h1,9H,7-8H2,2-5H3,(H2,16,17,20). The van der Waals surface area contributed by atoms with Gasteiger partial charge in [-0.2, -0.15) is 0 Å². The van der Waals surface area contributed by atoms with E-state index in [1.165, 1.54) is 18.4 Å². The van der Waals surface area contributed by atoms with E-state index in [-0.39, 0.29) is 5.97 Å². The van der Waals surface area contributed by atoms with Crippen molar-refractivity contribution in [3.63, 3.8) is 0 Å². The highest BCUT2D eigenvalue weighted by molar-refractivity contribution is 7.80. The van der Waals surface area contributed by atoms with Crippen LogP contribution in [-0.4, -0.2) is 23.7 Å². The second kappa shape index (κ2) is 7.43. The monoisotopic (exact) mass is 324 g/mol. The normalized spacial score (nSPS) is 10.6. The van der Waals surface area contributed by atoms with Crippen molar-refractivity contribution < 1.29 is 9.53 Å². The van der Waals surface area contributed by atoms with Crippen molar-refractivity contribution >= 4 is 39.6 Å². The van der Waals surface area contributed by atoms with Gasteiger partial charge < -0.3 is 15.4 Å². The van der Waals surface area contributed by atoms with Crippen LogP contribution >= 0.6 is 23.6 Å². The largest absolute Gasteiger partial charge is 0.465 e. The summed E-state index contributed by atoms with van der Waals surface area (Å²) in [7, 11) is 1.35. The molecule has 6 heteroatoms. The summed E-state index contributed by atoms with van der Waals surface area (Å²) in [5.41, 5.74) is 0.00500. The zero-order valence-corrected chi connectivity index (χ0v) is 14.3. The first-order chi connectivity index (χ1) is 9.91. The minimum absolute atomic E-state index is 0.390. The van der Waals surface area contributed by atoms with Crippen LogP contribution in [0.3, 0.4) is 0 Å². The molecule has 0 radical (unpaired) electrons. The third-order valence-corrected chi connectivity index (χ3v) is 4.49. The molecular weight excluding hydrogens is 304 g/mol. The van der Waals surface area contributed by atoms with E-state index in [0.29, 0.717) is 15.7 Å². The van der Waals surface area contributed by atoms with Crippen molar-refractivity contribution in [2.24, 2.45) is 0 Å². The van der Waals surface area contributed by atoms with Gasteiger partial charge in [-0.25, -0.2) is 4.79 Å². The number of hydrogen-bond acceptors (Lipinski definition) is 4. The van der Waals surface area contributed by atoms with Gasteiger partial charge in [0.25, 0.3) is 0 Å². The number of rotatable bonds is 5. The number of carbonyl (C=O) groups excluding carboxylic acids is 1. The van der Waals surface area contributed by atoms with Crippen molar-refractivity contribution in [1.82, 2.24) is 5.32 Å². The van der Waals surface area contributed by atoms with Crippen LogP contribution < -0.4 is 10.6 Å². The molecule has 0 saturated heterocycles. The molecule has 0 saturated carbocycles. The van der Waals surface area contributed by atoms with Crippen molar-refractivity contribution in [2.45, 2.75) is 39.2 Å². The molecule has 0 aliphatic carbocycles. The second-order valence-electron chi connectivity index (χ2n) is 4.60. The Bertz CT molecular complexity index is 569. The molecule has 0 aliphatic rings. The number of terminal acetylenes is 1. The zero-order chi connectivity index (χ0) is 16.0. The number of ether oxygens (including phenoxy) is 1. The number of carbonyl (C=O) groups is 1. The lowest BCUT2D eigenvalue weighted by Crippen LogP contribution is -2.48. The molecule has 0 atom stereocenters. The predicted octanol–water partition coefficient (Wildman–Crippen LogP) is 3.32. The Kier molecular flexibility index (Phi) is 6.19. The predicted molar refractivity (Wildman–Crippen MR) is 91.9 cm³/mol. The molecule has 1 rings (SSSR count). The number of nitrogens with one attached hydrogen (secondary N) is 2. The summed E-state index contributed by atoms with van der Waals surface area (Å²) in [5, 5.41) is 7.28. The fourth-order valence-corrected chi connectivity index (χ4v) is 3.15. The average Bonchev–Trinajstić information content (AvgIpc) is 2.84. The van der Waals surface area contributed by atoms with Crippen LogP contribution in [0.15, 0.2) is 6.07 Å². The number of aryl methyl sites for hydroxylation is 1. The molecule has 21 heavy (non-hydrogen) atoms. The van der Waals surface area contributed by atoms with Crippen molar-refractivity contribution in [2.75, 3.05) is 12.4 Å². The van der Waals surface area contributed by atoms with Crippen molar-refractivity contribution in [3.8, 4) is 12.3 Å². The van der Waals surface area contributed by atoms with Crippen LogP contribution in [0.5, 0.6) is 0 Å². The Morgan fingerprint density at radius 3 is 2.62 bits per heavy atom. The number of esters is 1. The van der Waals surface area contributed by atoms with Crippen LogP contribution in [0, 0.1) is 19.3 Å². The van der Waals surface area contributed by atoms with Gasteiger partial charge in [0, 0.05) is 4.88 Å². The van der Waals surface area contributed by atoms with Crippen LogP contribution in [0.25, 0.3) is 0 Å². The molecule has 0 amide bonds. The quantitative estimate of drug-likeness (QED) is 0.494. The highest BCUT2D eigenvalue weighted by atomic mass is 32.1. The van der Waals surface area contributed by atoms with Gasteiger partial charge in [0.05, 0.1) is 18.2 Å². The Hall–Kier alpha value is -1.58. The zero-order valence-electron chi connectivity index (χ0n) is 12.7. The number of hydrogen-bond donors (Lipinski definition) is 2. The highest BCUT2D eigenvalue weighted by Crippen LogP contribution is 2.28. The molecule has 4 nitrogen and oxygen atoms in total. The van der Waals surface area contributed by atoms with Gasteiger partial charge in [-0.15, -0.1) is 17.8 Å². The van der Waals surface area contributed by atoms with E-state index in [1.807, 2.05) is 20.8 Å². The third-order valence-electron chi connectivity index (χ3n) is 3.32. The van der Waals surface area contributed by atoms with Crippen LogP contribution in [0.4, 0.5) is 5.00 Å². The number of anilines is 1. The molecule has 1 heterocycles. The van der Waals surface area contributed by atoms with Gasteiger partial charge in [0.1, 0.15) is 5.00 Å². The Labute approximate surface area is 135 Å². The van der Waals surface area contributed by atoms with E-state index in [9.17, 15) is 4.79 Å². The molecular formula is C15H20N2O2S2. The molecule has 0 aromatic carbocycles. The average molecular weight is 324 g/mol. The lowest BCUT2D eigenvalue weighted by atomic mass is 9.94. The van der Waals surface area contributed by atoms with Crippen LogP contribution in [0.1, 0.15) is 41.9 Å². The summed E-state index contributed by atoms with van der Waals surface area (Å²) in [6.45, 7) is 5.94. The molecule has 0 bridgehead atoms. The number of thiophene rings is 1. The summed E-state index contributed by atoms with van der Waals surface area (Å²) in [6, 6.07) is 1.77. The maximum absolute atomic E-state index is 11.7. The fourth-order valence-electron chi connectivity index (χ4n) is 1.89. The van der Waals surface area contributed by atoms with Gasteiger partial charge in [0.15, 0.2) is 5.11 Å². The maximum atomic E-state index is 11.7. The minimum atomic E-state index is -0.470. The molecule has 0 spiro atoms. The van der Waals surface area contributed by atoms with Gasteiger partial charge in [-0.1, -0.05) is 19.8 Å². The van der Waals surface area contributed by atoms with E-state index in [0.717, 1.165) is 17.7 Å². The molecule has 0 aliphatic heterocycles. The summed E-state index contributed by atoms with van der Waals surface area (Å²) in [4.78, 5) is 12.7. The Morgan fingerprint density at radius 1 is 1.52 bits per heavy atom. The van der Waals surface area contributed by atoms with Gasteiger partial charge in [0.2, 0.25) is 0 Å². The molecule has 1 aromatic rings. The SMILES string of the molecule is C#CC(CC)(CC)NC(=S)Nc1sc(C)cc1C(=O)OC. The van der Waals surface area contributed by atoms with Crippen molar-refractivity contribution in [3.05, 3.63) is 16.5 Å². The van der Waals surface area contributed by atoms with Crippen LogP contribution in [0.2, 0.25) is 0 Å². The molecule has 114 valence electrons. The van der Waals surface area contributed by atoms with E-state index in [2.05, 4.69) is 16.6 Å². The van der Waals surface area contributed by atoms with Gasteiger partial charge >= 0.3 is 5.97 Å². The second-order valence-corrected chi connectivity index (χ2v) is 6.27. The number of thiocarbonyl (C=S) groups is 1. The molecule has 1 aromatic heterocycles. The molecule has 0 unspecified atom stereocenters. The summed E-state index contributed by atoms with van der Waals surface area (Å²) >= 11 is 6.76. The molecule has 0 fully saturated rings. The Balaban J connectivity index is 2.90. The summed E-state index contributed by atoms with van der Waals surface area (Å²) < 4.78 is 4.77. The Morgan fingerprint density at radius 2 is 2.14 bits per heavy atom. The van der Waals surface area contributed by atoms with E-state index < -0.39 is 5.54 Å². The summed E-state index contributed by atoms with van der Waals surface area (Å²) in [5.74, 6) is 2.37. The maximum Gasteiger partial charge on any atom is 0.340 e. The summed E-state index contributed by atoms with van der Waals surface area (Å²) in [6.07, 6.45) is 7.12. The smallest absolute Gasteiger partial charge is 0.340 e. The van der Waals surface area contributed by atoms with Gasteiger partial charge in [-0.05, 0) is 38.0 Å². The minimum Gasteiger partial charge on any atom is -0.465 e. The van der Waals surface area contributed by atoms with Gasteiger partial charge in [-0.3, -0.25) is 0 Å². The first-order valence-corrected chi connectivity index (χ1v) is 7.89. The lowest BCUT2D eigenvalue weighted by molar-refractivity contribution is 0.0602. The van der Waals surface area contributed by atoms with E-state index in [1.54, 1.807) is 6.07 Å². The van der Waals surface area contributed by atoms with E-state index >= 15 is 0 Å². The molecule has 2 N–H and O–H groups in total. The van der Waals surface area contributed by atoms with E-state index in [4.69, 9.17) is 23.4 Å². The highest BCUT2D eigenvalue weighted by Gasteiger charge is 2.24. The lowest BCUT2D eigenvalue weighted by Gasteiger charge is -2.28. The first-order valence-electron chi connectivity index (χ1n) is 6.67. The van der Waals surface area contributed by atoms with Crippen LogP contribution in [-0.2, 0) is 4.74 Å².